The van der Waals surface area contributed by atoms with Gasteiger partial charge in [-0.3, -0.25) is 0 Å². The zero-order chi connectivity index (χ0) is 10.9. The highest BCUT2D eigenvalue weighted by atomic mass is 32.1. The van der Waals surface area contributed by atoms with Crippen molar-refractivity contribution in [2.24, 2.45) is 0 Å². The van der Waals surface area contributed by atoms with Gasteiger partial charge in [0, 0.05) is 23.0 Å². The van der Waals surface area contributed by atoms with Crippen LogP contribution in [0.3, 0.4) is 0 Å². The first-order valence-corrected chi connectivity index (χ1v) is 6.19. The van der Waals surface area contributed by atoms with Gasteiger partial charge in [-0.2, -0.15) is 0 Å². The molecule has 1 aliphatic carbocycles. The summed E-state index contributed by atoms with van der Waals surface area (Å²) in [5.41, 5.74) is 0.00916. The molecule has 0 amide bonds. The van der Waals surface area contributed by atoms with Crippen LogP contribution in [0.25, 0.3) is 0 Å². The fourth-order valence-electron chi connectivity index (χ4n) is 1.98. The van der Waals surface area contributed by atoms with Gasteiger partial charge in [0.2, 0.25) is 0 Å². The third kappa shape index (κ3) is 2.07. The van der Waals surface area contributed by atoms with Gasteiger partial charge in [-0.25, -0.2) is 4.98 Å². The molecule has 1 aromatic heterocycles. The molecule has 0 bridgehead atoms. The van der Waals surface area contributed by atoms with Crippen molar-refractivity contribution in [2.75, 3.05) is 20.7 Å². The molecule has 1 saturated carbocycles. The Labute approximate surface area is 94.8 Å². The smallest absolute Gasteiger partial charge is 0.101 e. The number of nitrogens with zero attached hydrogens (tertiary/aromatic N) is 2. The highest BCUT2D eigenvalue weighted by molar-refractivity contribution is 7.11. The lowest BCUT2D eigenvalue weighted by atomic mass is 9.70. The number of aliphatic hydroxyl groups is 1. The summed E-state index contributed by atoms with van der Waals surface area (Å²) in [4.78, 5) is 7.90. The Kier molecular flexibility index (Phi) is 3.09. The van der Waals surface area contributed by atoms with Gasteiger partial charge in [0.05, 0.1) is 6.61 Å². The number of aromatic nitrogens is 1. The van der Waals surface area contributed by atoms with Crippen molar-refractivity contribution in [1.82, 2.24) is 9.88 Å². The van der Waals surface area contributed by atoms with Crippen molar-refractivity contribution >= 4 is 11.3 Å². The molecule has 1 aliphatic rings. The number of hydrogen-bond acceptors (Lipinski definition) is 4. The molecule has 3 nitrogen and oxygen atoms in total. The van der Waals surface area contributed by atoms with Crippen LogP contribution in [0.1, 0.15) is 29.1 Å². The van der Waals surface area contributed by atoms with Crippen LogP contribution in [0.15, 0.2) is 6.20 Å². The minimum Gasteiger partial charge on any atom is -0.395 e. The van der Waals surface area contributed by atoms with Gasteiger partial charge in [0.25, 0.3) is 0 Å². The third-order valence-corrected chi connectivity index (χ3v) is 4.32. The maximum atomic E-state index is 9.44. The van der Waals surface area contributed by atoms with Crippen molar-refractivity contribution in [2.45, 2.75) is 31.2 Å². The first kappa shape index (κ1) is 11.0. The lowest BCUT2D eigenvalue weighted by Gasteiger charge is -2.38. The number of thiazole rings is 1. The van der Waals surface area contributed by atoms with Gasteiger partial charge in [0.1, 0.15) is 5.01 Å². The second-order valence-corrected chi connectivity index (χ2v) is 5.78. The Bertz CT molecular complexity index is 326. The Morgan fingerprint density at radius 2 is 2.27 bits per heavy atom. The summed E-state index contributed by atoms with van der Waals surface area (Å²) >= 11 is 1.76. The maximum absolute atomic E-state index is 9.44. The van der Waals surface area contributed by atoms with Crippen LogP contribution < -0.4 is 0 Å². The van der Waals surface area contributed by atoms with Crippen molar-refractivity contribution in [3.8, 4) is 0 Å². The monoisotopic (exact) mass is 226 g/mol. The first-order chi connectivity index (χ1) is 7.16. The fourth-order valence-corrected chi connectivity index (χ4v) is 3.25. The zero-order valence-electron chi connectivity index (χ0n) is 9.36. The van der Waals surface area contributed by atoms with E-state index in [9.17, 15) is 5.11 Å². The molecule has 84 valence electrons. The highest BCUT2D eigenvalue weighted by Crippen LogP contribution is 2.44. The van der Waals surface area contributed by atoms with Crippen molar-refractivity contribution in [3.05, 3.63) is 16.1 Å². The van der Waals surface area contributed by atoms with Crippen molar-refractivity contribution in [3.63, 3.8) is 0 Å². The van der Waals surface area contributed by atoms with Gasteiger partial charge in [-0.05, 0) is 26.9 Å². The van der Waals surface area contributed by atoms with Gasteiger partial charge < -0.3 is 10.0 Å². The summed E-state index contributed by atoms with van der Waals surface area (Å²) in [5.74, 6) is 0. The van der Waals surface area contributed by atoms with Crippen LogP contribution in [-0.4, -0.2) is 35.7 Å². The molecule has 4 heteroatoms. The van der Waals surface area contributed by atoms with Crippen LogP contribution in [0.4, 0.5) is 0 Å². The molecule has 0 aliphatic heterocycles. The lowest BCUT2D eigenvalue weighted by Crippen LogP contribution is -2.37. The van der Waals surface area contributed by atoms with Crippen LogP contribution in [0.2, 0.25) is 0 Å². The highest BCUT2D eigenvalue weighted by Gasteiger charge is 2.40. The average Bonchev–Trinajstić information content (AvgIpc) is 2.51. The van der Waals surface area contributed by atoms with Gasteiger partial charge in [-0.1, -0.05) is 6.42 Å². The van der Waals surface area contributed by atoms with E-state index >= 15 is 0 Å². The van der Waals surface area contributed by atoms with E-state index in [1.165, 1.54) is 11.3 Å². The number of rotatable bonds is 4. The van der Waals surface area contributed by atoms with E-state index in [0.717, 1.165) is 24.4 Å². The quantitative estimate of drug-likeness (QED) is 0.847. The van der Waals surface area contributed by atoms with Gasteiger partial charge in [0.15, 0.2) is 0 Å². The molecule has 0 aromatic carbocycles. The number of aliphatic hydroxyl groups excluding tert-OH is 1. The summed E-state index contributed by atoms with van der Waals surface area (Å²) in [5, 5.41) is 10.6. The van der Waals surface area contributed by atoms with Crippen LogP contribution >= 0.6 is 11.3 Å². The second kappa shape index (κ2) is 4.20. The molecular formula is C11H18N2OS. The zero-order valence-corrected chi connectivity index (χ0v) is 10.2. The first-order valence-electron chi connectivity index (χ1n) is 5.37. The van der Waals surface area contributed by atoms with E-state index in [-0.39, 0.29) is 12.0 Å². The molecule has 0 spiro atoms. The van der Waals surface area contributed by atoms with Gasteiger partial charge in [-0.15, -0.1) is 11.3 Å². The molecular weight excluding hydrogens is 208 g/mol. The third-order valence-electron chi connectivity index (χ3n) is 3.09. The Morgan fingerprint density at radius 3 is 2.73 bits per heavy atom. The normalized spacial score (nSPS) is 19.2. The maximum Gasteiger partial charge on any atom is 0.101 e. The molecule has 1 heterocycles. The van der Waals surface area contributed by atoms with Crippen LogP contribution in [0.5, 0.6) is 0 Å². The van der Waals surface area contributed by atoms with Crippen molar-refractivity contribution in [1.29, 1.82) is 0 Å². The van der Waals surface area contributed by atoms with Crippen LogP contribution in [-0.2, 0) is 12.0 Å². The van der Waals surface area contributed by atoms with E-state index in [2.05, 4.69) is 24.0 Å². The second-order valence-electron chi connectivity index (χ2n) is 4.66. The van der Waals surface area contributed by atoms with Gasteiger partial charge >= 0.3 is 0 Å². The molecule has 1 fully saturated rings. The van der Waals surface area contributed by atoms with Crippen LogP contribution in [0, 0.1) is 0 Å². The Morgan fingerprint density at radius 1 is 1.53 bits per heavy atom. The summed E-state index contributed by atoms with van der Waals surface area (Å²) in [7, 11) is 4.12. The van der Waals surface area contributed by atoms with E-state index in [0.29, 0.717) is 0 Å². The average molecular weight is 226 g/mol. The molecule has 0 atom stereocenters. The van der Waals surface area contributed by atoms with E-state index in [1.54, 1.807) is 11.3 Å². The van der Waals surface area contributed by atoms with E-state index in [1.807, 2.05) is 6.20 Å². The molecule has 0 saturated heterocycles. The SMILES string of the molecule is CN(C)Cc1cnc(C2(CO)CCC2)s1. The summed E-state index contributed by atoms with van der Waals surface area (Å²) in [6.07, 6.45) is 5.37. The summed E-state index contributed by atoms with van der Waals surface area (Å²) in [6.45, 7) is 1.20. The molecule has 0 radical (unpaired) electrons. The van der Waals surface area contributed by atoms with E-state index < -0.39 is 0 Å². The topological polar surface area (TPSA) is 36.4 Å². The Balaban J connectivity index is 2.12. The minimum atomic E-state index is 0.00916. The molecule has 1 N–H and O–H groups in total. The summed E-state index contributed by atoms with van der Waals surface area (Å²) in [6, 6.07) is 0. The predicted octanol–water partition coefficient (Wildman–Crippen LogP) is 1.62. The van der Waals surface area contributed by atoms with E-state index in [4.69, 9.17) is 0 Å². The Hall–Kier alpha value is -0.450. The van der Waals surface area contributed by atoms with Crippen molar-refractivity contribution < 1.29 is 5.11 Å². The lowest BCUT2D eigenvalue weighted by molar-refractivity contribution is 0.120. The minimum absolute atomic E-state index is 0.00916. The fraction of sp³-hybridized carbons (Fsp3) is 0.727. The molecule has 1 aromatic rings. The predicted molar refractivity (Wildman–Crippen MR) is 62.1 cm³/mol. The molecule has 2 rings (SSSR count). The number of hydrogen-bond donors (Lipinski definition) is 1. The summed E-state index contributed by atoms with van der Waals surface area (Å²) < 4.78 is 0. The standard InChI is InChI=1S/C11H18N2OS/c1-13(2)7-9-6-12-10(15-9)11(8-14)4-3-5-11/h6,14H,3-5,7-8H2,1-2H3. The largest absolute Gasteiger partial charge is 0.395 e. The molecule has 0 unspecified atom stereocenters. The molecule has 15 heavy (non-hydrogen) atoms.